The van der Waals surface area contributed by atoms with Crippen molar-refractivity contribution in [1.82, 2.24) is 35.1 Å². The second-order valence-electron chi connectivity index (χ2n) is 6.93. The summed E-state index contributed by atoms with van der Waals surface area (Å²) in [5.74, 6) is 0.685. The lowest BCUT2D eigenvalue weighted by atomic mass is 10.0. The minimum atomic E-state index is 0.685. The van der Waals surface area contributed by atoms with Gasteiger partial charge in [-0.15, -0.1) is 0 Å². The first-order chi connectivity index (χ1) is 14.9. The Balaban J connectivity index is 1.52. The Morgan fingerprint density at radius 1 is 0.733 bits per heavy atom. The highest BCUT2D eigenvalue weighted by molar-refractivity contribution is 5.97. The quantitative estimate of drug-likeness (QED) is 0.460. The van der Waals surface area contributed by atoms with Gasteiger partial charge in [-0.25, -0.2) is 4.98 Å². The minimum Gasteiger partial charge on any atom is -0.336 e. The van der Waals surface area contributed by atoms with Crippen LogP contribution < -0.4 is 0 Å². The van der Waals surface area contributed by atoms with Crippen LogP contribution in [0.3, 0.4) is 0 Å². The van der Waals surface area contributed by atoms with E-state index in [0.29, 0.717) is 5.82 Å². The zero-order valence-electron chi connectivity index (χ0n) is 15.7. The molecular formula is C23H15N7. The maximum Gasteiger partial charge on any atom is 0.159 e. The minimum absolute atomic E-state index is 0.685. The normalized spacial score (nSPS) is 11.3. The highest BCUT2D eigenvalue weighted by atomic mass is 15.1. The first-order valence-corrected chi connectivity index (χ1v) is 9.52. The van der Waals surface area contributed by atoms with E-state index in [1.54, 1.807) is 18.6 Å². The summed E-state index contributed by atoms with van der Waals surface area (Å²) in [4.78, 5) is 21.4. The van der Waals surface area contributed by atoms with Crippen molar-refractivity contribution in [3.8, 4) is 34.0 Å². The first-order valence-electron chi connectivity index (χ1n) is 9.52. The van der Waals surface area contributed by atoms with E-state index in [1.807, 2.05) is 48.7 Å². The lowest BCUT2D eigenvalue weighted by molar-refractivity contribution is 1.11. The Morgan fingerprint density at radius 2 is 1.73 bits per heavy atom. The smallest absolute Gasteiger partial charge is 0.159 e. The Hall–Kier alpha value is -4.39. The molecule has 6 aromatic rings. The third-order valence-corrected chi connectivity index (χ3v) is 5.09. The molecule has 0 atom stereocenters. The molecule has 142 valence electrons. The fourth-order valence-electron chi connectivity index (χ4n) is 3.65. The van der Waals surface area contributed by atoms with Crippen LogP contribution in [0.15, 0.2) is 79.4 Å². The Kier molecular flexibility index (Phi) is 3.64. The van der Waals surface area contributed by atoms with Crippen LogP contribution in [-0.4, -0.2) is 35.1 Å². The van der Waals surface area contributed by atoms with Crippen LogP contribution in [0.25, 0.3) is 56.0 Å². The standard InChI is InChI=1S/C23H15N7/c1-2-10-25-18(5-1)21-22-19(8-11-26-21)27-23(28-22)20-16-12-14(6-7-17(16)29-30-20)15-4-3-9-24-13-15/h1-13H,(H,27,28)(H,29,30). The van der Waals surface area contributed by atoms with Crippen LogP contribution in [0.5, 0.6) is 0 Å². The Labute approximate surface area is 170 Å². The lowest BCUT2D eigenvalue weighted by Crippen LogP contribution is -1.88. The molecule has 0 saturated carbocycles. The monoisotopic (exact) mass is 389 g/mol. The highest BCUT2D eigenvalue weighted by Crippen LogP contribution is 2.31. The number of rotatable bonds is 3. The fourth-order valence-corrected chi connectivity index (χ4v) is 3.65. The molecule has 0 saturated heterocycles. The third-order valence-electron chi connectivity index (χ3n) is 5.09. The van der Waals surface area contributed by atoms with Crippen LogP contribution in [0.1, 0.15) is 0 Å². The molecule has 0 aliphatic rings. The van der Waals surface area contributed by atoms with Crippen LogP contribution in [0.4, 0.5) is 0 Å². The zero-order valence-corrected chi connectivity index (χ0v) is 15.7. The van der Waals surface area contributed by atoms with Gasteiger partial charge in [0.15, 0.2) is 5.82 Å². The number of fused-ring (bicyclic) bond motifs is 2. The van der Waals surface area contributed by atoms with Crippen molar-refractivity contribution >= 4 is 21.9 Å². The van der Waals surface area contributed by atoms with Gasteiger partial charge in [0.2, 0.25) is 0 Å². The molecule has 5 heterocycles. The highest BCUT2D eigenvalue weighted by Gasteiger charge is 2.16. The topological polar surface area (TPSA) is 96.0 Å². The van der Waals surface area contributed by atoms with E-state index in [1.165, 1.54) is 0 Å². The molecule has 5 aromatic heterocycles. The van der Waals surface area contributed by atoms with Crippen LogP contribution in [-0.2, 0) is 0 Å². The molecule has 0 amide bonds. The van der Waals surface area contributed by atoms with E-state index in [0.717, 1.165) is 50.1 Å². The average Bonchev–Trinajstić information content (AvgIpc) is 3.43. The molecule has 0 spiro atoms. The van der Waals surface area contributed by atoms with Crippen LogP contribution in [0, 0.1) is 0 Å². The molecule has 0 aliphatic carbocycles. The van der Waals surface area contributed by atoms with Crippen LogP contribution in [0.2, 0.25) is 0 Å². The van der Waals surface area contributed by atoms with E-state index in [2.05, 4.69) is 42.3 Å². The molecule has 6 rings (SSSR count). The number of aromatic nitrogens is 7. The van der Waals surface area contributed by atoms with Crippen molar-refractivity contribution in [2.45, 2.75) is 0 Å². The van der Waals surface area contributed by atoms with E-state index in [-0.39, 0.29) is 0 Å². The van der Waals surface area contributed by atoms with Crippen molar-refractivity contribution < 1.29 is 0 Å². The predicted molar refractivity (Wildman–Crippen MR) is 115 cm³/mol. The molecule has 0 radical (unpaired) electrons. The predicted octanol–water partition coefficient (Wildman–Crippen LogP) is 4.63. The summed E-state index contributed by atoms with van der Waals surface area (Å²) in [6.45, 7) is 0. The third kappa shape index (κ3) is 2.64. The van der Waals surface area contributed by atoms with Crippen LogP contribution >= 0.6 is 0 Å². The SMILES string of the molecule is c1ccc(-c2nccc3[nH]c(-c4n[nH]c5ccc(-c6cccnc6)cc45)nc23)nc1. The Bertz CT molecular complexity index is 1480. The molecule has 7 heteroatoms. The number of nitrogens with zero attached hydrogens (tertiary/aromatic N) is 5. The molecule has 30 heavy (non-hydrogen) atoms. The number of hydrogen-bond donors (Lipinski definition) is 2. The second kappa shape index (κ2) is 6.59. The van der Waals surface area contributed by atoms with Crippen molar-refractivity contribution in [1.29, 1.82) is 0 Å². The van der Waals surface area contributed by atoms with Gasteiger partial charge in [0, 0.05) is 35.7 Å². The summed E-state index contributed by atoms with van der Waals surface area (Å²) < 4.78 is 0. The van der Waals surface area contributed by atoms with E-state index >= 15 is 0 Å². The van der Waals surface area contributed by atoms with Crippen molar-refractivity contribution in [3.05, 3.63) is 79.4 Å². The van der Waals surface area contributed by atoms with Gasteiger partial charge in [0.25, 0.3) is 0 Å². The largest absolute Gasteiger partial charge is 0.336 e. The molecule has 0 bridgehead atoms. The number of pyridine rings is 3. The van der Waals surface area contributed by atoms with Crippen molar-refractivity contribution in [2.75, 3.05) is 0 Å². The van der Waals surface area contributed by atoms with E-state index < -0.39 is 0 Å². The number of H-pyrrole nitrogens is 2. The number of aromatic amines is 2. The summed E-state index contributed by atoms with van der Waals surface area (Å²) >= 11 is 0. The van der Waals surface area contributed by atoms with Crippen molar-refractivity contribution in [2.24, 2.45) is 0 Å². The maximum absolute atomic E-state index is 4.83. The molecular weight excluding hydrogens is 374 g/mol. The maximum atomic E-state index is 4.83. The summed E-state index contributed by atoms with van der Waals surface area (Å²) in [6, 6.07) is 17.8. The Morgan fingerprint density at radius 3 is 2.60 bits per heavy atom. The average molecular weight is 389 g/mol. The second-order valence-corrected chi connectivity index (χ2v) is 6.93. The fraction of sp³-hybridized carbons (Fsp3) is 0. The molecule has 0 aliphatic heterocycles. The number of hydrogen-bond acceptors (Lipinski definition) is 5. The van der Waals surface area contributed by atoms with Gasteiger partial charge < -0.3 is 4.98 Å². The molecule has 1 aromatic carbocycles. The van der Waals surface area contributed by atoms with Gasteiger partial charge >= 0.3 is 0 Å². The lowest BCUT2D eigenvalue weighted by Gasteiger charge is -2.01. The van der Waals surface area contributed by atoms with Gasteiger partial charge in [0.1, 0.15) is 16.9 Å². The zero-order chi connectivity index (χ0) is 19.9. The number of imidazole rings is 1. The molecule has 0 unspecified atom stereocenters. The summed E-state index contributed by atoms with van der Waals surface area (Å²) in [6.07, 6.45) is 7.14. The van der Waals surface area contributed by atoms with Gasteiger partial charge in [-0.1, -0.05) is 18.2 Å². The number of benzene rings is 1. The summed E-state index contributed by atoms with van der Waals surface area (Å²) in [5, 5.41) is 8.62. The molecule has 2 N–H and O–H groups in total. The van der Waals surface area contributed by atoms with Crippen molar-refractivity contribution in [3.63, 3.8) is 0 Å². The van der Waals surface area contributed by atoms with Gasteiger partial charge in [-0.2, -0.15) is 5.10 Å². The van der Waals surface area contributed by atoms with Gasteiger partial charge in [-0.05, 0) is 42.0 Å². The summed E-state index contributed by atoms with van der Waals surface area (Å²) in [5.41, 5.74) is 7.02. The van der Waals surface area contributed by atoms with Gasteiger partial charge in [0.05, 0.1) is 16.7 Å². The van der Waals surface area contributed by atoms with E-state index in [4.69, 9.17) is 4.98 Å². The van der Waals surface area contributed by atoms with E-state index in [9.17, 15) is 0 Å². The molecule has 7 nitrogen and oxygen atoms in total. The number of nitrogens with one attached hydrogen (secondary N) is 2. The molecule has 0 fully saturated rings. The summed E-state index contributed by atoms with van der Waals surface area (Å²) in [7, 11) is 0. The first kappa shape index (κ1) is 16.6. The van der Waals surface area contributed by atoms with Gasteiger partial charge in [-0.3, -0.25) is 20.1 Å².